The van der Waals surface area contributed by atoms with Crippen LogP contribution in [0, 0.1) is 17.8 Å². The van der Waals surface area contributed by atoms with Gasteiger partial charge in [-0.1, -0.05) is 26.0 Å². The van der Waals surface area contributed by atoms with Crippen molar-refractivity contribution in [3.63, 3.8) is 0 Å². The van der Waals surface area contributed by atoms with Gasteiger partial charge in [-0.15, -0.1) is 0 Å². The number of rotatable bonds is 3. The Hall–Kier alpha value is -1.51. The summed E-state index contributed by atoms with van der Waals surface area (Å²) in [5, 5.41) is 0. The van der Waals surface area contributed by atoms with E-state index in [-0.39, 0.29) is 0 Å². The van der Waals surface area contributed by atoms with Crippen molar-refractivity contribution in [2.45, 2.75) is 32.9 Å². The lowest BCUT2D eigenvalue weighted by Crippen LogP contribution is -2.39. The fourth-order valence-electron chi connectivity index (χ4n) is 3.63. The molecule has 0 aromatic heterocycles. The maximum Gasteiger partial charge on any atom is 0.223 e. The number of hydrogen-bond donors (Lipinski definition) is 0. The second-order valence-corrected chi connectivity index (χ2v) is 5.98. The normalized spacial score (nSPS) is 33.0. The van der Waals surface area contributed by atoms with Crippen molar-refractivity contribution >= 4 is 5.91 Å². The zero-order valence-electron chi connectivity index (χ0n) is 11.8. The summed E-state index contributed by atoms with van der Waals surface area (Å²) in [6.45, 7) is 5.22. The molecule has 19 heavy (non-hydrogen) atoms. The van der Waals surface area contributed by atoms with Crippen LogP contribution in [-0.4, -0.2) is 24.0 Å². The number of ether oxygens (including phenoxy) is 1. The molecule has 1 heterocycles. The van der Waals surface area contributed by atoms with Gasteiger partial charge in [-0.3, -0.25) is 4.79 Å². The molecule has 1 aliphatic carbocycles. The lowest BCUT2D eigenvalue weighted by atomic mass is 9.96. The third kappa shape index (κ3) is 2.11. The lowest BCUT2D eigenvalue weighted by Gasteiger charge is -2.29. The summed E-state index contributed by atoms with van der Waals surface area (Å²) in [5.74, 6) is 3.11. The van der Waals surface area contributed by atoms with E-state index in [4.69, 9.17) is 4.74 Å². The first-order valence-corrected chi connectivity index (χ1v) is 7.04. The molecule has 0 spiro atoms. The Kier molecular flexibility index (Phi) is 3.00. The van der Waals surface area contributed by atoms with Gasteiger partial charge in [-0.2, -0.15) is 0 Å². The predicted molar refractivity (Wildman–Crippen MR) is 73.8 cm³/mol. The quantitative estimate of drug-likeness (QED) is 0.835. The first kappa shape index (κ1) is 12.5. The summed E-state index contributed by atoms with van der Waals surface area (Å²) in [4.78, 5) is 14.3. The number of nitrogens with zero attached hydrogens (tertiary/aromatic N) is 1. The number of benzene rings is 1. The molecule has 3 rings (SSSR count). The van der Waals surface area contributed by atoms with Gasteiger partial charge in [0.05, 0.1) is 7.11 Å². The van der Waals surface area contributed by atoms with Crippen LogP contribution in [0.1, 0.15) is 25.8 Å². The van der Waals surface area contributed by atoms with Gasteiger partial charge in [0, 0.05) is 19.0 Å². The lowest BCUT2D eigenvalue weighted by molar-refractivity contribution is -0.136. The second kappa shape index (κ2) is 4.55. The summed E-state index contributed by atoms with van der Waals surface area (Å²) in [6.07, 6.45) is 0.710. The zero-order chi connectivity index (χ0) is 13.6. The summed E-state index contributed by atoms with van der Waals surface area (Å²) < 4.78 is 5.16. The van der Waals surface area contributed by atoms with E-state index in [9.17, 15) is 4.79 Å². The summed E-state index contributed by atoms with van der Waals surface area (Å²) in [5.41, 5.74) is 1.18. The summed E-state index contributed by atoms with van der Waals surface area (Å²) in [6, 6.07) is 8.48. The highest BCUT2D eigenvalue weighted by atomic mass is 16.5. The highest BCUT2D eigenvalue weighted by molar-refractivity contribution is 5.78. The topological polar surface area (TPSA) is 29.5 Å². The van der Waals surface area contributed by atoms with Crippen molar-refractivity contribution < 1.29 is 9.53 Å². The molecule has 1 saturated carbocycles. The number of carbonyl (C=O) groups excluding carboxylic acids is 1. The van der Waals surface area contributed by atoms with Crippen LogP contribution in [0.25, 0.3) is 0 Å². The number of amides is 1. The van der Waals surface area contributed by atoms with Crippen LogP contribution in [-0.2, 0) is 11.3 Å². The minimum Gasteiger partial charge on any atom is -0.497 e. The molecule has 1 saturated heterocycles. The Morgan fingerprint density at radius 2 is 1.95 bits per heavy atom. The molecule has 2 aliphatic rings. The largest absolute Gasteiger partial charge is 0.497 e. The van der Waals surface area contributed by atoms with Gasteiger partial charge in [0.25, 0.3) is 0 Å². The Balaban J connectivity index is 1.73. The van der Waals surface area contributed by atoms with Crippen LogP contribution in [0.2, 0.25) is 0 Å². The third-order valence-corrected chi connectivity index (χ3v) is 4.75. The van der Waals surface area contributed by atoms with Gasteiger partial charge in [0.15, 0.2) is 0 Å². The average Bonchev–Trinajstić information content (AvgIpc) is 3.07. The first-order valence-electron chi connectivity index (χ1n) is 7.04. The van der Waals surface area contributed by atoms with Crippen LogP contribution >= 0.6 is 0 Å². The van der Waals surface area contributed by atoms with Gasteiger partial charge in [0.2, 0.25) is 5.91 Å². The van der Waals surface area contributed by atoms with Crippen molar-refractivity contribution in [3.05, 3.63) is 29.8 Å². The summed E-state index contributed by atoms with van der Waals surface area (Å²) in [7, 11) is 1.67. The molecular weight excluding hydrogens is 238 g/mol. The first-order chi connectivity index (χ1) is 9.11. The SMILES string of the molecule is COc1ccc(CN2C(=O)CC(C)[C@@H]3C(C)[C@H]32)cc1. The van der Waals surface area contributed by atoms with Crippen LogP contribution in [0.4, 0.5) is 0 Å². The van der Waals surface area contributed by atoms with Gasteiger partial charge in [0.1, 0.15) is 5.75 Å². The third-order valence-electron chi connectivity index (χ3n) is 4.75. The highest BCUT2D eigenvalue weighted by Crippen LogP contribution is 2.52. The smallest absolute Gasteiger partial charge is 0.223 e. The number of piperidine rings is 1. The minimum absolute atomic E-state index is 0.314. The molecule has 2 unspecified atom stereocenters. The van der Waals surface area contributed by atoms with Crippen LogP contribution in [0.3, 0.4) is 0 Å². The molecule has 0 radical (unpaired) electrons. The van der Waals surface area contributed by atoms with E-state index < -0.39 is 0 Å². The monoisotopic (exact) mass is 259 g/mol. The van der Waals surface area contributed by atoms with E-state index in [0.29, 0.717) is 30.2 Å². The predicted octanol–water partition coefficient (Wildman–Crippen LogP) is 2.70. The van der Waals surface area contributed by atoms with Crippen LogP contribution in [0.5, 0.6) is 5.75 Å². The maximum atomic E-state index is 12.2. The molecule has 3 heteroatoms. The van der Waals surface area contributed by atoms with Gasteiger partial charge >= 0.3 is 0 Å². The second-order valence-electron chi connectivity index (χ2n) is 5.98. The Bertz CT molecular complexity index is 482. The Morgan fingerprint density at radius 1 is 1.26 bits per heavy atom. The number of likely N-dealkylation sites (tertiary alicyclic amines) is 1. The van der Waals surface area contributed by atoms with Crippen molar-refractivity contribution in [1.82, 2.24) is 4.90 Å². The van der Waals surface area contributed by atoms with Gasteiger partial charge in [-0.05, 0) is 35.4 Å². The van der Waals surface area contributed by atoms with Crippen LogP contribution in [0.15, 0.2) is 24.3 Å². The van der Waals surface area contributed by atoms with E-state index in [2.05, 4.69) is 18.7 Å². The fourth-order valence-corrected chi connectivity index (χ4v) is 3.63. The van der Waals surface area contributed by atoms with Crippen LogP contribution < -0.4 is 4.74 Å². The van der Waals surface area contributed by atoms with Crippen molar-refractivity contribution in [2.75, 3.05) is 7.11 Å². The molecule has 4 atom stereocenters. The van der Waals surface area contributed by atoms with Gasteiger partial charge < -0.3 is 9.64 Å². The van der Waals surface area contributed by atoms with E-state index >= 15 is 0 Å². The zero-order valence-corrected chi connectivity index (χ0v) is 11.8. The van der Waals surface area contributed by atoms with Crippen molar-refractivity contribution in [2.24, 2.45) is 17.8 Å². The molecule has 1 amide bonds. The molecule has 102 valence electrons. The standard InChI is InChI=1S/C16H21NO2/c1-10-8-14(18)17(16-11(2)15(10)16)9-12-4-6-13(19-3)7-5-12/h4-7,10-11,15-16H,8-9H2,1-3H3/t10?,11?,15-,16-/m1/s1. The maximum absolute atomic E-state index is 12.2. The van der Waals surface area contributed by atoms with Crippen molar-refractivity contribution in [3.8, 4) is 5.75 Å². The number of hydrogen-bond acceptors (Lipinski definition) is 2. The van der Waals surface area contributed by atoms with E-state index in [1.165, 1.54) is 5.56 Å². The van der Waals surface area contributed by atoms with E-state index in [1.54, 1.807) is 7.11 Å². The molecule has 1 aromatic rings. The Labute approximate surface area is 114 Å². The number of fused-ring (bicyclic) bond motifs is 1. The minimum atomic E-state index is 0.314. The molecule has 0 N–H and O–H groups in total. The molecule has 1 aromatic carbocycles. The van der Waals surface area contributed by atoms with Gasteiger partial charge in [-0.25, -0.2) is 0 Å². The Morgan fingerprint density at radius 3 is 2.58 bits per heavy atom. The fraction of sp³-hybridized carbons (Fsp3) is 0.562. The van der Waals surface area contributed by atoms with E-state index in [1.807, 2.05) is 24.3 Å². The highest BCUT2D eigenvalue weighted by Gasteiger charge is 2.57. The summed E-state index contributed by atoms with van der Waals surface area (Å²) >= 11 is 0. The molecular formula is C16H21NO2. The number of carbonyl (C=O) groups is 1. The molecule has 1 aliphatic heterocycles. The molecule has 0 bridgehead atoms. The number of methoxy groups -OCH3 is 1. The molecule has 3 nitrogen and oxygen atoms in total. The molecule has 2 fully saturated rings. The average molecular weight is 259 g/mol. The van der Waals surface area contributed by atoms with E-state index in [0.717, 1.165) is 18.2 Å². The van der Waals surface area contributed by atoms with Crippen molar-refractivity contribution in [1.29, 1.82) is 0 Å².